The fourth-order valence-electron chi connectivity index (χ4n) is 7.39. The predicted molar refractivity (Wildman–Crippen MR) is 142 cm³/mol. The summed E-state index contributed by atoms with van der Waals surface area (Å²) in [6, 6.07) is 0. The minimum Gasteiger partial charge on any atom is -0.462 e. The van der Waals surface area contributed by atoms with Crippen LogP contribution in [-0.4, -0.2) is 24.1 Å². The lowest BCUT2D eigenvalue weighted by molar-refractivity contribution is -0.193. The van der Waals surface area contributed by atoms with Crippen molar-refractivity contribution in [2.75, 3.05) is 0 Å². The number of hydrogen-bond acceptors (Lipinski definition) is 4. The Morgan fingerprint density at radius 3 is 1.60 bits per heavy atom. The van der Waals surface area contributed by atoms with Crippen LogP contribution in [0.5, 0.6) is 0 Å². The van der Waals surface area contributed by atoms with Gasteiger partial charge in [0.2, 0.25) is 0 Å². The molecule has 0 radical (unpaired) electrons. The molecule has 0 spiro atoms. The highest BCUT2D eigenvalue weighted by atomic mass is 16.5. The van der Waals surface area contributed by atoms with Gasteiger partial charge in [-0.05, 0) is 98.7 Å². The van der Waals surface area contributed by atoms with Gasteiger partial charge in [-0.25, -0.2) is 0 Å². The third-order valence-corrected chi connectivity index (χ3v) is 11.5. The first kappa shape index (κ1) is 28.5. The Hall–Kier alpha value is -1.06. The fraction of sp³-hybridized carbons (Fsp3) is 0.935. The van der Waals surface area contributed by atoms with Gasteiger partial charge in [-0.15, -0.1) is 0 Å². The maximum absolute atomic E-state index is 12.2. The van der Waals surface area contributed by atoms with E-state index in [0.717, 1.165) is 49.4 Å². The Kier molecular flexibility index (Phi) is 8.15. The Labute approximate surface area is 215 Å². The fourth-order valence-corrected chi connectivity index (χ4v) is 7.39. The zero-order valence-corrected chi connectivity index (χ0v) is 24.6. The SMILES string of the molecule is CCC(C)(C)C(=O)O[C@@H]1C[C@@H]2C[C@H]([C@H]1C)C2(C)C.CCC(C)C(=O)O[C@@H]1C[C@@H]2C[C@H]([C@H]1C)C2(C)C. The summed E-state index contributed by atoms with van der Waals surface area (Å²) in [6.07, 6.45) is 6.85. The van der Waals surface area contributed by atoms with Gasteiger partial charge >= 0.3 is 11.9 Å². The second-order valence-electron chi connectivity index (χ2n) is 14.4. The largest absolute Gasteiger partial charge is 0.462 e. The van der Waals surface area contributed by atoms with E-state index in [0.29, 0.717) is 22.7 Å². The number of rotatable bonds is 6. The highest BCUT2D eigenvalue weighted by molar-refractivity contribution is 5.76. The summed E-state index contributed by atoms with van der Waals surface area (Å²) in [4.78, 5) is 24.0. The molecule has 6 aliphatic carbocycles. The molecule has 4 nitrogen and oxygen atoms in total. The molecule has 6 fully saturated rings. The van der Waals surface area contributed by atoms with Crippen molar-refractivity contribution >= 4 is 11.9 Å². The van der Waals surface area contributed by atoms with E-state index >= 15 is 0 Å². The van der Waals surface area contributed by atoms with Crippen molar-refractivity contribution in [3.05, 3.63) is 0 Å². The maximum Gasteiger partial charge on any atom is 0.311 e. The van der Waals surface area contributed by atoms with Gasteiger partial charge in [-0.2, -0.15) is 0 Å². The average molecular weight is 491 g/mol. The van der Waals surface area contributed by atoms with Crippen molar-refractivity contribution in [1.82, 2.24) is 0 Å². The number of carbonyl (C=O) groups excluding carboxylic acids is 2. The van der Waals surface area contributed by atoms with Gasteiger partial charge in [0.1, 0.15) is 12.2 Å². The molecule has 202 valence electrons. The van der Waals surface area contributed by atoms with E-state index in [1.165, 1.54) is 12.8 Å². The monoisotopic (exact) mass is 490 g/mol. The van der Waals surface area contributed by atoms with E-state index in [4.69, 9.17) is 9.47 Å². The van der Waals surface area contributed by atoms with Crippen molar-refractivity contribution in [3.8, 4) is 0 Å². The molecule has 1 unspecified atom stereocenters. The lowest BCUT2D eigenvalue weighted by atomic mass is 9.45. The number of ether oxygens (including phenoxy) is 2. The van der Waals surface area contributed by atoms with E-state index < -0.39 is 0 Å². The molecule has 0 aliphatic heterocycles. The Bertz CT molecular complexity index is 781. The molecule has 4 heteroatoms. The highest BCUT2D eigenvalue weighted by Crippen LogP contribution is 2.62. The van der Waals surface area contributed by atoms with Gasteiger partial charge in [0.15, 0.2) is 0 Å². The zero-order chi connectivity index (χ0) is 26.5. The van der Waals surface area contributed by atoms with Crippen LogP contribution in [0.4, 0.5) is 0 Å². The van der Waals surface area contributed by atoms with E-state index in [1.807, 2.05) is 34.6 Å². The quantitative estimate of drug-likeness (QED) is 0.358. The van der Waals surface area contributed by atoms with Crippen LogP contribution in [0, 0.1) is 57.7 Å². The first-order valence-corrected chi connectivity index (χ1v) is 14.5. The van der Waals surface area contributed by atoms with Gasteiger partial charge < -0.3 is 9.47 Å². The lowest BCUT2D eigenvalue weighted by Crippen LogP contribution is -2.57. The van der Waals surface area contributed by atoms with E-state index in [9.17, 15) is 9.59 Å². The van der Waals surface area contributed by atoms with Crippen LogP contribution >= 0.6 is 0 Å². The van der Waals surface area contributed by atoms with Gasteiger partial charge in [0.05, 0.1) is 11.3 Å². The predicted octanol–water partition coefficient (Wildman–Crippen LogP) is 7.68. The Balaban J connectivity index is 0.000000196. The molecule has 6 saturated carbocycles. The molecule has 0 N–H and O–H groups in total. The molecule has 0 amide bonds. The van der Waals surface area contributed by atoms with Crippen molar-refractivity contribution in [1.29, 1.82) is 0 Å². The third-order valence-electron chi connectivity index (χ3n) is 11.5. The molecule has 4 bridgehead atoms. The van der Waals surface area contributed by atoms with E-state index in [1.54, 1.807) is 0 Å². The standard InChI is InChI=1S/C16H28O2.C15H26O2/c1-7-15(3,4)14(17)18-13-9-11-8-12(10(13)2)16(11,5)6;1-6-9(2)14(16)17-13-8-11-7-12(10(13)3)15(11,4)5/h10-13H,7-9H2,1-6H3;9-13H,6-8H2,1-5H3/t10-,11+,12-,13-;9?,10-,11+,12-,13-/m11/s1. The molecular weight excluding hydrogens is 436 g/mol. The first-order chi connectivity index (χ1) is 16.1. The molecule has 0 aromatic rings. The molecule has 0 heterocycles. The van der Waals surface area contributed by atoms with E-state index in [-0.39, 0.29) is 35.5 Å². The first-order valence-electron chi connectivity index (χ1n) is 14.5. The van der Waals surface area contributed by atoms with Crippen molar-refractivity contribution in [3.63, 3.8) is 0 Å². The molecule has 6 rings (SSSR count). The second kappa shape index (κ2) is 10.0. The number of carbonyl (C=O) groups is 2. The van der Waals surface area contributed by atoms with Crippen LogP contribution in [0.25, 0.3) is 0 Å². The van der Waals surface area contributed by atoms with Crippen molar-refractivity contribution < 1.29 is 19.1 Å². The molecule has 6 aliphatic rings. The van der Waals surface area contributed by atoms with E-state index in [2.05, 4.69) is 41.5 Å². The van der Waals surface area contributed by atoms with Gasteiger partial charge in [0, 0.05) is 0 Å². The zero-order valence-electron chi connectivity index (χ0n) is 24.6. The summed E-state index contributed by atoms with van der Waals surface area (Å²) in [7, 11) is 0. The smallest absolute Gasteiger partial charge is 0.311 e. The molecule has 0 aromatic heterocycles. The van der Waals surface area contributed by atoms with Crippen LogP contribution in [0.2, 0.25) is 0 Å². The summed E-state index contributed by atoms with van der Waals surface area (Å²) in [5, 5.41) is 0. The topological polar surface area (TPSA) is 52.6 Å². The van der Waals surface area contributed by atoms with Crippen LogP contribution in [0.3, 0.4) is 0 Å². The summed E-state index contributed by atoms with van der Waals surface area (Å²) < 4.78 is 11.5. The van der Waals surface area contributed by atoms with Crippen molar-refractivity contribution in [2.45, 2.75) is 127 Å². The molecule has 35 heavy (non-hydrogen) atoms. The highest BCUT2D eigenvalue weighted by Gasteiger charge is 2.58. The van der Waals surface area contributed by atoms with Crippen LogP contribution in [0.1, 0.15) is 115 Å². The summed E-state index contributed by atoms with van der Waals surface area (Å²) in [5.74, 6) is 4.08. The molecule has 0 aromatic carbocycles. The number of fused-ring (bicyclic) bond motifs is 4. The summed E-state index contributed by atoms with van der Waals surface area (Å²) in [5.41, 5.74) is 0.595. The number of hydrogen-bond donors (Lipinski definition) is 0. The molecular formula is C31H54O4. The van der Waals surface area contributed by atoms with Crippen LogP contribution in [-0.2, 0) is 19.1 Å². The minimum atomic E-state index is -0.336. The molecule has 0 saturated heterocycles. The lowest BCUT2D eigenvalue weighted by Gasteiger charge is -2.61. The number of esters is 2. The average Bonchev–Trinajstić information content (AvgIpc) is 2.80. The second-order valence-corrected chi connectivity index (χ2v) is 14.4. The minimum absolute atomic E-state index is 0.00320. The Morgan fingerprint density at radius 1 is 0.829 bits per heavy atom. The van der Waals surface area contributed by atoms with Crippen molar-refractivity contribution in [2.24, 2.45) is 57.7 Å². The maximum atomic E-state index is 12.2. The van der Waals surface area contributed by atoms with Crippen LogP contribution < -0.4 is 0 Å². The van der Waals surface area contributed by atoms with Gasteiger partial charge in [-0.1, -0.05) is 62.3 Å². The van der Waals surface area contributed by atoms with Gasteiger partial charge in [0.25, 0.3) is 0 Å². The third kappa shape index (κ3) is 5.19. The summed E-state index contributed by atoms with van der Waals surface area (Å²) >= 11 is 0. The van der Waals surface area contributed by atoms with Crippen LogP contribution in [0.15, 0.2) is 0 Å². The Morgan fingerprint density at radius 2 is 1.26 bits per heavy atom. The normalized spacial score (nSPS) is 39.1. The van der Waals surface area contributed by atoms with Gasteiger partial charge in [-0.3, -0.25) is 9.59 Å². The molecule has 9 atom stereocenters. The summed E-state index contributed by atoms with van der Waals surface area (Å²) in [6.45, 7) is 24.0.